The zero-order chi connectivity index (χ0) is 24.9. The molecule has 2 aliphatic heterocycles. The molecule has 7 nitrogen and oxygen atoms in total. The third-order valence-corrected chi connectivity index (χ3v) is 8.32. The van der Waals surface area contributed by atoms with Crippen molar-refractivity contribution in [2.24, 2.45) is 5.92 Å². The van der Waals surface area contributed by atoms with Gasteiger partial charge in [-0.3, -0.25) is 29.2 Å². The molecule has 0 bridgehead atoms. The van der Waals surface area contributed by atoms with Crippen molar-refractivity contribution in [1.29, 1.82) is 0 Å². The van der Waals surface area contributed by atoms with Crippen LogP contribution >= 0.6 is 22.9 Å². The molecule has 2 atom stereocenters. The van der Waals surface area contributed by atoms with Crippen LogP contribution in [-0.2, 0) is 27.5 Å². The van der Waals surface area contributed by atoms with Crippen LogP contribution in [0.4, 0.5) is 0 Å². The molecule has 0 aliphatic carbocycles. The summed E-state index contributed by atoms with van der Waals surface area (Å²) < 4.78 is 0.988. The molecule has 35 heavy (non-hydrogen) atoms. The predicted molar refractivity (Wildman–Crippen MR) is 137 cm³/mol. The average Bonchev–Trinajstić information content (AvgIpc) is 3.33. The lowest BCUT2D eigenvalue weighted by atomic mass is 9.95. The minimum Gasteiger partial charge on any atom is -0.353 e. The van der Waals surface area contributed by atoms with Gasteiger partial charge in [0.05, 0.1) is 22.8 Å². The van der Waals surface area contributed by atoms with Crippen LogP contribution < -0.4 is 5.32 Å². The number of carbonyl (C=O) groups is 3. The van der Waals surface area contributed by atoms with Crippen molar-refractivity contribution in [3.05, 3.63) is 51.5 Å². The monoisotopic (exact) mass is 510 g/mol. The Bertz CT molecular complexity index is 1350. The number of nitrogens with zero attached hydrogens (tertiary/aromatic N) is 3. The SMILES string of the molecule is Cc1cc(Cl)cc(-c2ccnc3cc(CN4C(=O)CC(C)C4=O)sc23)c1CN1CCNC(=O)C1C. The summed E-state index contributed by atoms with van der Waals surface area (Å²) in [6.45, 7) is 8.07. The maximum Gasteiger partial charge on any atom is 0.237 e. The van der Waals surface area contributed by atoms with E-state index in [4.69, 9.17) is 11.6 Å². The molecule has 2 fully saturated rings. The van der Waals surface area contributed by atoms with E-state index in [-0.39, 0.29) is 42.6 Å². The number of piperazine rings is 1. The van der Waals surface area contributed by atoms with Crippen molar-refractivity contribution < 1.29 is 14.4 Å². The van der Waals surface area contributed by atoms with E-state index in [2.05, 4.69) is 15.2 Å². The molecule has 0 spiro atoms. The number of hydrogen-bond acceptors (Lipinski definition) is 6. The number of imide groups is 1. The van der Waals surface area contributed by atoms with Gasteiger partial charge in [0.1, 0.15) is 0 Å². The second-order valence-corrected chi connectivity index (χ2v) is 11.0. The van der Waals surface area contributed by atoms with Crippen molar-refractivity contribution in [1.82, 2.24) is 20.1 Å². The Kier molecular flexibility index (Phi) is 6.38. The Morgan fingerprint density at radius 3 is 2.69 bits per heavy atom. The van der Waals surface area contributed by atoms with Gasteiger partial charge in [-0.25, -0.2) is 0 Å². The maximum atomic E-state index is 12.4. The lowest BCUT2D eigenvalue weighted by molar-refractivity contribution is -0.139. The molecule has 0 radical (unpaired) electrons. The fraction of sp³-hybridized carbons (Fsp3) is 0.385. The second-order valence-electron chi connectivity index (χ2n) is 9.40. The van der Waals surface area contributed by atoms with Crippen LogP contribution in [0.5, 0.6) is 0 Å². The molecule has 4 heterocycles. The van der Waals surface area contributed by atoms with E-state index in [0.29, 0.717) is 18.1 Å². The quantitative estimate of drug-likeness (QED) is 0.522. The standard InChI is InChI=1S/C26H27ClN4O3S/c1-14-8-17(27)10-20(21(14)13-30-7-6-29-25(33)16(30)3)19-4-5-28-22-11-18(35-24(19)22)12-31-23(32)9-15(2)26(31)34/h4-5,8,10-11,15-16H,6-7,9,12-13H2,1-3H3,(H,29,33). The number of halogens is 1. The Hall–Kier alpha value is -2.81. The Labute approximate surface area is 213 Å². The van der Waals surface area contributed by atoms with E-state index in [1.165, 1.54) is 4.90 Å². The number of aryl methyl sites for hydroxylation is 1. The van der Waals surface area contributed by atoms with E-state index in [0.717, 1.165) is 43.9 Å². The fourth-order valence-corrected chi connectivity index (χ4v) is 6.32. The summed E-state index contributed by atoms with van der Waals surface area (Å²) in [5, 5.41) is 3.57. The number of pyridine rings is 1. The van der Waals surface area contributed by atoms with Gasteiger partial charge in [0.25, 0.3) is 0 Å². The molecule has 5 rings (SSSR count). The molecule has 2 saturated heterocycles. The van der Waals surface area contributed by atoms with Crippen molar-refractivity contribution in [2.45, 2.75) is 46.3 Å². The number of benzene rings is 1. The van der Waals surface area contributed by atoms with Crippen molar-refractivity contribution in [3.8, 4) is 11.1 Å². The molecule has 0 saturated carbocycles. The van der Waals surface area contributed by atoms with E-state index in [1.54, 1.807) is 24.5 Å². The van der Waals surface area contributed by atoms with E-state index in [1.807, 2.05) is 38.1 Å². The summed E-state index contributed by atoms with van der Waals surface area (Å²) in [6, 6.07) is 7.66. The van der Waals surface area contributed by atoms with Crippen LogP contribution in [-0.4, -0.2) is 51.6 Å². The Morgan fingerprint density at radius 1 is 1.14 bits per heavy atom. The maximum absolute atomic E-state index is 12.4. The van der Waals surface area contributed by atoms with Crippen molar-refractivity contribution in [3.63, 3.8) is 0 Å². The minimum absolute atomic E-state index is 0.0407. The van der Waals surface area contributed by atoms with Crippen LogP contribution in [0.2, 0.25) is 5.02 Å². The van der Waals surface area contributed by atoms with Gasteiger partial charge in [0, 0.05) is 53.6 Å². The van der Waals surface area contributed by atoms with Crippen LogP contribution in [0.15, 0.2) is 30.5 Å². The van der Waals surface area contributed by atoms with Crippen LogP contribution in [0.3, 0.4) is 0 Å². The van der Waals surface area contributed by atoms with Gasteiger partial charge < -0.3 is 5.32 Å². The third-order valence-electron chi connectivity index (χ3n) is 6.96. The molecule has 2 aromatic heterocycles. The number of hydrogen-bond donors (Lipinski definition) is 1. The second kappa shape index (κ2) is 9.33. The molecule has 2 aliphatic rings. The van der Waals surface area contributed by atoms with Crippen LogP contribution in [0.25, 0.3) is 21.3 Å². The Balaban J connectivity index is 1.54. The number of thiophene rings is 1. The third kappa shape index (κ3) is 4.46. The molecule has 9 heteroatoms. The smallest absolute Gasteiger partial charge is 0.237 e. The van der Waals surface area contributed by atoms with Gasteiger partial charge in [-0.05, 0) is 54.8 Å². The summed E-state index contributed by atoms with van der Waals surface area (Å²) in [5.74, 6) is -0.464. The first-order chi connectivity index (χ1) is 16.7. The number of likely N-dealkylation sites (tertiary alicyclic amines) is 1. The summed E-state index contributed by atoms with van der Waals surface area (Å²) in [5.41, 5.74) is 5.03. The fourth-order valence-electron chi connectivity index (χ4n) is 4.92. The lowest BCUT2D eigenvalue weighted by Gasteiger charge is -2.33. The molecule has 3 aromatic rings. The number of aromatic nitrogens is 1. The first-order valence-electron chi connectivity index (χ1n) is 11.8. The van der Waals surface area contributed by atoms with E-state index in [9.17, 15) is 14.4 Å². The first kappa shape index (κ1) is 23.9. The molecule has 2 unspecified atom stereocenters. The summed E-state index contributed by atoms with van der Waals surface area (Å²) >= 11 is 8.06. The summed E-state index contributed by atoms with van der Waals surface area (Å²) in [4.78, 5) is 46.0. The number of amides is 3. The summed E-state index contributed by atoms with van der Waals surface area (Å²) in [7, 11) is 0. The molecule has 1 aromatic carbocycles. The van der Waals surface area contributed by atoms with Gasteiger partial charge in [-0.15, -0.1) is 11.3 Å². The summed E-state index contributed by atoms with van der Waals surface area (Å²) in [6.07, 6.45) is 2.05. The van der Waals surface area contributed by atoms with Gasteiger partial charge in [-0.1, -0.05) is 18.5 Å². The van der Waals surface area contributed by atoms with Gasteiger partial charge >= 0.3 is 0 Å². The van der Waals surface area contributed by atoms with Gasteiger partial charge in [-0.2, -0.15) is 0 Å². The molecular weight excluding hydrogens is 484 g/mol. The van der Waals surface area contributed by atoms with Crippen LogP contribution in [0, 0.1) is 12.8 Å². The minimum atomic E-state index is -0.262. The first-order valence-corrected chi connectivity index (χ1v) is 12.9. The molecule has 3 amide bonds. The van der Waals surface area contributed by atoms with Crippen molar-refractivity contribution in [2.75, 3.05) is 13.1 Å². The molecule has 1 N–H and O–H groups in total. The number of carbonyl (C=O) groups excluding carboxylic acids is 3. The Morgan fingerprint density at radius 2 is 1.94 bits per heavy atom. The zero-order valence-electron chi connectivity index (χ0n) is 19.9. The average molecular weight is 511 g/mol. The number of fused-ring (bicyclic) bond motifs is 1. The molecular formula is C26H27ClN4O3S. The highest BCUT2D eigenvalue weighted by Crippen LogP contribution is 2.39. The largest absolute Gasteiger partial charge is 0.353 e. The highest BCUT2D eigenvalue weighted by molar-refractivity contribution is 7.19. The van der Waals surface area contributed by atoms with Crippen LogP contribution in [0.1, 0.15) is 36.3 Å². The van der Waals surface area contributed by atoms with E-state index >= 15 is 0 Å². The highest BCUT2D eigenvalue weighted by Gasteiger charge is 2.35. The van der Waals surface area contributed by atoms with Gasteiger partial charge in [0.15, 0.2) is 0 Å². The normalized spacial score (nSPS) is 21.3. The topological polar surface area (TPSA) is 82.6 Å². The van der Waals surface area contributed by atoms with Gasteiger partial charge in [0.2, 0.25) is 17.7 Å². The number of nitrogens with one attached hydrogen (secondary N) is 1. The molecule has 182 valence electrons. The predicted octanol–water partition coefficient (Wildman–Crippen LogP) is 4.14. The van der Waals surface area contributed by atoms with E-state index < -0.39 is 0 Å². The highest BCUT2D eigenvalue weighted by atomic mass is 35.5. The zero-order valence-corrected chi connectivity index (χ0v) is 21.5. The van der Waals surface area contributed by atoms with Crippen molar-refractivity contribution >= 4 is 50.9 Å². The lowest BCUT2D eigenvalue weighted by Crippen LogP contribution is -2.53. The number of rotatable bonds is 5.